The highest BCUT2D eigenvalue weighted by molar-refractivity contribution is 8.00. The lowest BCUT2D eigenvalue weighted by Crippen LogP contribution is -2.49. The smallest absolute Gasteiger partial charge is 0.237 e. The number of carbonyl (C=O) groups excluding carboxylic acids is 1. The quantitative estimate of drug-likeness (QED) is 0.792. The average Bonchev–Trinajstić information content (AvgIpc) is 2.95. The minimum absolute atomic E-state index is 0.0680. The van der Waals surface area contributed by atoms with Gasteiger partial charge in [0.1, 0.15) is 0 Å². The van der Waals surface area contributed by atoms with E-state index in [-0.39, 0.29) is 11.9 Å². The first kappa shape index (κ1) is 16.2. The Labute approximate surface area is 128 Å². The van der Waals surface area contributed by atoms with Gasteiger partial charge in [0.05, 0.1) is 6.04 Å². The molecule has 0 aromatic heterocycles. The Morgan fingerprint density at radius 3 is 2.45 bits per heavy atom. The monoisotopic (exact) mass is 298 g/mol. The zero-order valence-corrected chi connectivity index (χ0v) is 13.9. The van der Waals surface area contributed by atoms with Crippen LogP contribution in [0.15, 0.2) is 0 Å². The minimum Gasteiger partial charge on any atom is -0.352 e. The van der Waals surface area contributed by atoms with E-state index >= 15 is 0 Å². The Balaban J connectivity index is 1.72. The highest BCUT2D eigenvalue weighted by atomic mass is 32.2. The summed E-state index contributed by atoms with van der Waals surface area (Å²) in [5.74, 6) is 0.186. The van der Waals surface area contributed by atoms with Gasteiger partial charge in [0.2, 0.25) is 5.91 Å². The van der Waals surface area contributed by atoms with Gasteiger partial charge in [0.25, 0.3) is 0 Å². The Morgan fingerprint density at radius 1 is 1.20 bits per heavy atom. The Hall–Kier alpha value is -0.220. The van der Waals surface area contributed by atoms with E-state index in [9.17, 15) is 4.79 Å². The van der Waals surface area contributed by atoms with Crippen molar-refractivity contribution in [2.45, 2.75) is 81.5 Å². The molecule has 4 heteroatoms. The number of carbonyl (C=O) groups is 1. The highest BCUT2D eigenvalue weighted by Crippen LogP contribution is 2.39. The summed E-state index contributed by atoms with van der Waals surface area (Å²) >= 11 is 1.98. The second kappa shape index (κ2) is 7.69. The predicted octanol–water partition coefficient (Wildman–Crippen LogP) is 3.09. The van der Waals surface area contributed by atoms with Crippen LogP contribution in [0.5, 0.6) is 0 Å². The molecule has 2 saturated carbocycles. The molecule has 1 atom stereocenters. The van der Waals surface area contributed by atoms with Gasteiger partial charge in [-0.1, -0.05) is 32.1 Å². The van der Waals surface area contributed by atoms with E-state index in [0.29, 0.717) is 10.8 Å². The van der Waals surface area contributed by atoms with Crippen LogP contribution in [0.4, 0.5) is 0 Å². The maximum atomic E-state index is 12.2. The molecule has 0 bridgehead atoms. The SMILES string of the molecule is CSC1(CNC(C)C(=O)NC2CCCCC2)CCCC1. The van der Waals surface area contributed by atoms with Crippen molar-refractivity contribution in [3.05, 3.63) is 0 Å². The topological polar surface area (TPSA) is 41.1 Å². The number of thioether (sulfide) groups is 1. The lowest BCUT2D eigenvalue weighted by molar-refractivity contribution is -0.123. The fourth-order valence-corrected chi connectivity index (χ4v) is 4.40. The van der Waals surface area contributed by atoms with E-state index in [1.54, 1.807) is 0 Å². The molecule has 0 spiro atoms. The zero-order chi connectivity index (χ0) is 14.4. The van der Waals surface area contributed by atoms with Gasteiger partial charge in [-0.15, -0.1) is 0 Å². The summed E-state index contributed by atoms with van der Waals surface area (Å²) < 4.78 is 0.374. The molecule has 2 N–H and O–H groups in total. The van der Waals surface area contributed by atoms with Crippen LogP contribution < -0.4 is 10.6 Å². The third-order valence-corrected chi connectivity index (χ3v) is 6.44. The number of nitrogens with one attached hydrogen (secondary N) is 2. The summed E-state index contributed by atoms with van der Waals surface area (Å²) in [7, 11) is 0. The van der Waals surface area contributed by atoms with Gasteiger partial charge in [-0.3, -0.25) is 4.79 Å². The van der Waals surface area contributed by atoms with Crippen molar-refractivity contribution in [2.24, 2.45) is 0 Å². The summed E-state index contributed by atoms with van der Waals surface area (Å²) in [6.45, 7) is 2.97. The first-order valence-electron chi connectivity index (χ1n) is 8.24. The van der Waals surface area contributed by atoms with E-state index in [1.807, 2.05) is 18.7 Å². The maximum absolute atomic E-state index is 12.2. The molecule has 2 fully saturated rings. The van der Waals surface area contributed by atoms with Gasteiger partial charge < -0.3 is 10.6 Å². The molecule has 3 nitrogen and oxygen atoms in total. The minimum atomic E-state index is -0.0680. The molecule has 1 unspecified atom stereocenters. The van der Waals surface area contributed by atoms with Crippen LogP contribution in [-0.4, -0.2) is 35.5 Å². The van der Waals surface area contributed by atoms with E-state index in [2.05, 4.69) is 16.9 Å². The maximum Gasteiger partial charge on any atom is 0.237 e. The number of rotatable bonds is 6. The van der Waals surface area contributed by atoms with Crippen LogP contribution in [-0.2, 0) is 4.79 Å². The fraction of sp³-hybridized carbons (Fsp3) is 0.938. The third-order valence-electron chi connectivity index (χ3n) is 5.02. The van der Waals surface area contributed by atoms with Gasteiger partial charge >= 0.3 is 0 Å². The van der Waals surface area contributed by atoms with Crippen LogP contribution in [0, 0.1) is 0 Å². The van der Waals surface area contributed by atoms with E-state index < -0.39 is 0 Å². The van der Waals surface area contributed by atoms with Gasteiger partial charge in [-0.25, -0.2) is 0 Å². The molecule has 2 rings (SSSR count). The summed E-state index contributed by atoms with van der Waals surface area (Å²) in [5.41, 5.74) is 0. The molecule has 0 saturated heterocycles. The molecular formula is C16H30N2OS. The van der Waals surface area contributed by atoms with E-state index in [0.717, 1.165) is 19.4 Å². The van der Waals surface area contributed by atoms with Gasteiger partial charge in [0, 0.05) is 17.3 Å². The van der Waals surface area contributed by atoms with Crippen molar-refractivity contribution in [3.8, 4) is 0 Å². The lowest BCUT2D eigenvalue weighted by Gasteiger charge is -2.30. The fourth-order valence-electron chi connectivity index (χ4n) is 3.48. The second-order valence-electron chi connectivity index (χ2n) is 6.54. The molecule has 0 aliphatic heterocycles. The van der Waals surface area contributed by atoms with Gasteiger partial charge in [0.15, 0.2) is 0 Å². The zero-order valence-electron chi connectivity index (χ0n) is 13.0. The normalized spacial score (nSPS) is 24.5. The summed E-state index contributed by atoms with van der Waals surface area (Å²) in [4.78, 5) is 12.2. The molecule has 0 aromatic carbocycles. The average molecular weight is 298 g/mol. The summed E-state index contributed by atoms with van der Waals surface area (Å²) in [6.07, 6.45) is 13.6. The van der Waals surface area contributed by atoms with Crippen LogP contribution in [0.2, 0.25) is 0 Å². The van der Waals surface area contributed by atoms with Crippen LogP contribution >= 0.6 is 11.8 Å². The molecule has 20 heavy (non-hydrogen) atoms. The third kappa shape index (κ3) is 4.39. The molecule has 2 aliphatic rings. The molecule has 0 aromatic rings. The van der Waals surface area contributed by atoms with Crippen molar-refractivity contribution in [1.29, 1.82) is 0 Å². The first-order chi connectivity index (χ1) is 9.65. The Morgan fingerprint density at radius 2 is 1.85 bits per heavy atom. The Bertz CT molecular complexity index is 310. The lowest BCUT2D eigenvalue weighted by atomic mass is 9.95. The highest BCUT2D eigenvalue weighted by Gasteiger charge is 2.33. The van der Waals surface area contributed by atoms with Crippen molar-refractivity contribution in [2.75, 3.05) is 12.8 Å². The largest absolute Gasteiger partial charge is 0.352 e. The number of amides is 1. The van der Waals surface area contributed by atoms with Crippen LogP contribution in [0.1, 0.15) is 64.7 Å². The number of hydrogen-bond acceptors (Lipinski definition) is 3. The summed E-state index contributed by atoms with van der Waals surface area (Å²) in [5, 5.41) is 6.69. The molecule has 2 aliphatic carbocycles. The van der Waals surface area contributed by atoms with Crippen molar-refractivity contribution in [1.82, 2.24) is 10.6 Å². The second-order valence-corrected chi connectivity index (χ2v) is 7.81. The number of hydrogen-bond donors (Lipinski definition) is 2. The van der Waals surface area contributed by atoms with Crippen LogP contribution in [0.3, 0.4) is 0 Å². The Kier molecular flexibility index (Phi) is 6.21. The predicted molar refractivity (Wildman–Crippen MR) is 87.2 cm³/mol. The summed E-state index contributed by atoms with van der Waals surface area (Å²) in [6, 6.07) is 0.350. The molecular weight excluding hydrogens is 268 g/mol. The molecule has 0 radical (unpaired) electrons. The van der Waals surface area contributed by atoms with E-state index in [4.69, 9.17) is 0 Å². The standard InChI is InChI=1S/C16H30N2OS/c1-13(15(19)18-14-8-4-3-5-9-14)17-12-16(20-2)10-6-7-11-16/h13-14,17H,3-12H2,1-2H3,(H,18,19). The molecule has 0 heterocycles. The first-order valence-corrected chi connectivity index (χ1v) is 9.47. The van der Waals surface area contributed by atoms with Crippen LogP contribution in [0.25, 0.3) is 0 Å². The van der Waals surface area contributed by atoms with Crippen molar-refractivity contribution >= 4 is 17.7 Å². The van der Waals surface area contributed by atoms with Gasteiger partial charge in [-0.05, 0) is 38.9 Å². The van der Waals surface area contributed by atoms with Crippen molar-refractivity contribution < 1.29 is 4.79 Å². The van der Waals surface area contributed by atoms with E-state index in [1.165, 1.54) is 44.9 Å². The molecule has 116 valence electrons. The van der Waals surface area contributed by atoms with Gasteiger partial charge in [-0.2, -0.15) is 11.8 Å². The molecule has 1 amide bonds. The van der Waals surface area contributed by atoms with Crippen molar-refractivity contribution in [3.63, 3.8) is 0 Å².